The van der Waals surface area contributed by atoms with Crippen molar-refractivity contribution in [3.63, 3.8) is 0 Å². The van der Waals surface area contributed by atoms with Crippen molar-refractivity contribution in [2.24, 2.45) is 10.9 Å². The number of ether oxygens (including phenoxy) is 2. The lowest BCUT2D eigenvalue weighted by molar-refractivity contribution is -0.0432. The van der Waals surface area contributed by atoms with Crippen LogP contribution < -0.4 is 5.32 Å². The zero-order valence-corrected chi connectivity index (χ0v) is 18.8. The molecule has 2 unspecified atom stereocenters. The second kappa shape index (κ2) is 11.7. The Hall–Kier alpha value is -0.120. The second-order valence-corrected chi connectivity index (χ2v) is 7.71. The summed E-state index contributed by atoms with van der Waals surface area (Å²) in [6.45, 7) is 9.87. The third-order valence-electron chi connectivity index (χ3n) is 5.82. The Balaban J connectivity index is 0.00000243. The zero-order valence-electron chi connectivity index (χ0n) is 16.5. The summed E-state index contributed by atoms with van der Waals surface area (Å²) in [6, 6.07) is 0.663. The van der Waals surface area contributed by atoms with E-state index in [1.165, 1.54) is 38.6 Å². The van der Waals surface area contributed by atoms with Gasteiger partial charge in [-0.05, 0) is 51.5 Å². The summed E-state index contributed by atoms with van der Waals surface area (Å²) in [4.78, 5) is 9.74. The fourth-order valence-corrected chi connectivity index (χ4v) is 4.17. The highest BCUT2D eigenvalue weighted by molar-refractivity contribution is 14.0. The maximum Gasteiger partial charge on any atom is 0.193 e. The highest BCUT2D eigenvalue weighted by Crippen LogP contribution is 2.22. The van der Waals surface area contributed by atoms with Crippen molar-refractivity contribution in [2.75, 3.05) is 59.6 Å². The van der Waals surface area contributed by atoms with E-state index in [4.69, 9.17) is 14.5 Å². The molecule has 0 aromatic carbocycles. The van der Waals surface area contributed by atoms with Gasteiger partial charge in [-0.15, -0.1) is 24.0 Å². The molecule has 0 spiro atoms. The van der Waals surface area contributed by atoms with Crippen molar-refractivity contribution in [3.05, 3.63) is 0 Å². The smallest absolute Gasteiger partial charge is 0.193 e. The number of morpholine rings is 1. The minimum absolute atomic E-state index is 0. The topological polar surface area (TPSA) is 49.3 Å². The van der Waals surface area contributed by atoms with E-state index in [1.54, 1.807) is 0 Å². The van der Waals surface area contributed by atoms with Crippen LogP contribution >= 0.6 is 24.0 Å². The maximum absolute atomic E-state index is 6.05. The molecule has 3 aliphatic heterocycles. The summed E-state index contributed by atoms with van der Waals surface area (Å²) in [6.07, 6.45) is 6.49. The number of aliphatic imine (C=N–C) groups is 1. The lowest BCUT2D eigenvalue weighted by Crippen LogP contribution is -2.47. The number of rotatable bonds is 6. The summed E-state index contributed by atoms with van der Waals surface area (Å²) in [5, 5.41) is 3.44. The van der Waals surface area contributed by atoms with Crippen LogP contribution in [0.1, 0.15) is 39.0 Å². The number of nitrogens with zero attached hydrogens (tertiary/aromatic N) is 3. The van der Waals surface area contributed by atoms with Crippen LogP contribution in [-0.4, -0.2) is 87.5 Å². The maximum atomic E-state index is 6.05. The third-order valence-corrected chi connectivity index (χ3v) is 5.82. The lowest BCUT2D eigenvalue weighted by atomic mass is 9.96. The van der Waals surface area contributed by atoms with E-state index in [9.17, 15) is 0 Å². The van der Waals surface area contributed by atoms with Crippen molar-refractivity contribution in [1.29, 1.82) is 0 Å². The van der Waals surface area contributed by atoms with E-state index >= 15 is 0 Å². The number of fused-ring (bicyclic) bond motifs is 1. The van der Waals surface area contributed by atoms with Gasteiger partial charge in [0, 0.05) is 45.9 Å². The van der Waals surface area contributed by atoms with Gasteiger partial charge in [0.2, 0.25) is 0 Å². The van der Waals surface area contributed by atoms with Gasteiger partial charge in [0.25, 0.3) is 0 Å². The first-order chi connectivity index (χ1) is 12.3. The summed E-state index contributed by atoms with van der Waals surface area (Å²) < 4.78 is 11.5. The summed E-state index contributed by atoms with van der Waals surface area (Å²) in [5.74, 6) is 1.81. The van der Waals surface area contributed by atoms with E-state index in [0.717, 1.165) is 57.9 Å². The molecule has 0 amide bonds. The zero-order chi connectivity index (χ0) is 17.5. The fourth-order valence-electron chi connectivity index (χ4n) is 4.17. The Morgan fingerprint density at radius 3 is 2.85 bits per heavy atom. The van der Waals surface area contributed by atoms with Crippen molar-refractivity contribution in [2.45, 2.75) is 51.2 Å². The van der Waals surface area contributed by atoms with E-state index in [-0.39, 0.29) is 30.1 Å². The minimum Gasteiger partial charge on any atom is -0.381 e. The van der Waals surface area contributed by atoms with Crippen LogP contribution in [0.3, 0.4) is 0 Å². The summed E-state index contributed by atoms with van der Waals surface area (Å²) in [7, 11) is 2.15. The highest BCUT2D eigenvalue weighted by atomic mass is 127. The van der Waals surface area contributed by atoms with Crippen LogP contribution in [0, 0.1) is 5.92 Å². The molecule has 3 aliphatic rings. The Bertz CT molecular complexity index is 432. The molecule has 0 aromatic heterocycles. The molecule has 6 nitrogen and oxygen atoms in total. The molecule has 0 radical (unpaired) electrons. The molecule has 3 heterocycles. The van der Waals surface area contributed by atoms with Crippen molar-refractivity contribution >= 4 is 29.9 Å². The number of halogens is 1. The molecule has 0 aliphatic carbocycles. The van der Waals surface area contributed by atoms with E-state index in [0.29, 0.717) is 6.04 Å². The Kier molecular flexibility index (Phi) is 9.94. The largest absolute Gasteiger partial charge is 0.381 e. The van der Waals surface area contributed by atoms with Crippen LogP contribution in [0.15, 0.2) is 4.99 Å². The Labute approximate surface area is 176 Å². The van der Waals surface area contributed by atoms with Crippen LogP contribution in [-0.2, 0) is 9.47 Å². The van der Waals surface area contributed by atoms with E-state index in [1.807, 2.05) is 0 Å². The van der Waals surface area contributed by atoms with Gasteiger partial charge in [-0.3, -0.25) is 9.89 Å². The molecule has 0 aromatic rings. The van der Waals surface area contributed by atoms with Gasteiger partial charge in [-0.2, -0.15) is 0 Å². The average molecular weight is 480 g/mol. The van der Waals surface area contributed by atoms with Crippen LogP contribution in [0.4, 0.5) is 0 Å². The number of hydrogen-bond donors (Lipinski definition) is 1. The number of nitrogens with one attached hydrogen (secondary N) is 1. The molecular formula is C19H37IN4O2. The SMILES string of the molecule is CCNC(=NCC1CN2CCCC2CO1)N(C)CCC1CCOCC1.I. The second-order valence-electron chi connectivity index (χ2n) is 7.71. The van der Waals surface area contributed by atoms with Gasteiger partial charge in [0.1, 0.15) is 0 Å². The van der Waals surface area contributed by atoms with Crippen molar-refractivity contribution < 1.29 is 9.47 Å². The molecule has 3 rings (SSSR count). The molecule has 0 bridgehead atoms. The normalized spacial score (nSPS) is 27.7. The quantitative estimate of drug-likeness (QED) is 0.359. The van der Waals surface area contributed by atoms with Gasteiger partial charge in [-0.1, -0.05) is 0 Å². The molecule has 7 heteroatoms. The molecule has 152 valence electrons. The van der Waals surface area contributed by atoms with Gasteiger partial charge in [0.15, 0.2) is 5.96 Å². The van der Waals surface area contributed by atoms with Crippen molar-refractivity contribution in [1.82, 2.24) is 15.1 Å². The molecule has 3 saturated heterocycles. The summed E-state index contributed by atoms with van der Waals surface area (Å²) in [5.41, 5.74) is 0. The van der Waals surface area contributed by atoms with Gasteiger partial charge in [0.05, 0.1) is 19.3 Å². The van der Waals surface area contributed by atoms with Gasteiger partial charge < -0.3 is 19.7 Å². The first-order valence-electron chi connectivity index (χ1n) is 10.2. The molecular weight excluding hydrogens is 443 g/mol. The predicted molar refractivity (Wildman–Crippen MR) is 117 cm³/mol. The summed E-state index contributed by atoms with van der Waals surface area (Å²) >= 11 is 0. The number of guanidine groups is 1. The van der Waals surface area contributed by atoms with Crippen LogP contribution in [0.25, 0.3) is 0 Å². The van der Waals surface area contributed by atoms with Crippen molar-refractivity contribution in [3.8, 4) is 0 Å². The molecule has 2 atom stereocenters. The molecule has 0 saturated carbocycles. The van der Waals surface area contributed by atoms with Crippen LogP contribution in [0.5, 0.6) is 0 Å². The minimum atomic E-state index is 0. The van der Waals surface area contributed by atoms with E-state index < -0.39 is 0 Å². The molecule has 26 heavy (non-hydrogen) atoms. The fraction of sp³-hybridized carbons (Fsp3) is 0.947. The highest BCUT2D eigenvalue weighted by Gasteiger charge is 2.32. The number of hydrogen-bond acceptors (Lipinski definition) is 4. The molecule has 3 fully saturated rings. The van der Waals surface area contributed by atoms with Crippen LogP contribution in [0.2, 0.25) is 0 Å². The first kappa shape index (κ1) is 22.2. The van der Waals surface area contributed by atoms with Gasteiger partial charge >= 0.3 is 0 Å². The standard InChI is InChI=1S/C19H36N4O2.HI/c1-3-20-19(22(2)10-6-16-7-11-24-12-8-16)21-13-18-14-23-9-4-5-17(23)15-25-18;/h16-18H,3-15H2,1-2H3,(H,20,21);1H. The Morgan fingerprint density at radius 2 is 2.08 bits per heavy atom. The average Bonchev–Trinajstić information content (AvgIpc) is 3.12. The van der Waals surface area contributed by atoms with E-state index in [2.05, 4.69) is 29.1 Å². The lowest BCUT2D eigenvalue weighted by Gasteiger charge is -2.34. The predicted octanol–water partition coefficient (Wildman–Crippen LogP) is 2.18. The molecule has 1 N–H and O–H groups in total. The third kappa shape index (κ3) is 6.49. The Morgan fingerprint density at radius 1 is 1.27 bits per heavy atom. The first-order valence-corrected chi connectivity index (χ1v) is 10.2. The monoisotopic (exact) mass is 480 g/mol. The van der Waals surface area contributed by atoms with Gasteiger partial charge in [-0.25, -0.2) is 0 Å².